The Morgan fingerprint density at radius 1 is 1.07 bits per heavy atom. The number of rotatable bonds is 6. The van der Waals surface area contributed by atoms with Crippen LogP contribution in [0.3, 0.4) is 0 Å². The van der Waals surface area contributed by atoms with Crippen molar-refractivity contribution in [2.24, 2.45) is 0 Å². The zero-order valence-electron chi connectivity index (χ0n) is 16.2. The highest BCUT2D eigenvalue weighted by Gasteiger charge is 2.27. The Labute approximate surface area is 180 Å². The van der Waals surface area contributed by atoms with E-state index in [0.717, 1.165) is 18.4 Å². The lowest BCUT2D eigenvalue weighted by molar-refractivity contribution is 0.102. The van der Waals surface area contributed by atoms with Gasteiger partial charge in [-0.05, 0) is 48.7 Å². The second-order valence-corrected chi connectivity index (χ2v) is 9.47. The molecule has 1 fully saturated rings. The molecular weight excluding hydrogens is 424 g/mol. The Hall–Kier alpha value is -2.68. The van der Waals surface area contributed by atoms with Crippen LogP contribution >= 0.6 is 11.6 Å². The molecule has 1 aliphatic heterocycles. The van der Waals surface area contributed by atoms with E-state index in [1.54, 1.807) is 41.2 Å². The Bertz CT molecular complexity index is 1150. The highest BCUT2D eigenvalue weighted by Crippen LogP contribution is 2.22. The molecule has 0 bridgehead atoms. The molecule has 0 saturated carbocycles. The van der Waals surface area contributed by atoms with Gasteiger partial charge >= 0.3 is 0 Å². The van der Waals surface area contributed by atoms with E-state index in [0.29, 0.717) is 30.5 Å². The third-order valence-electron chi connectivity index (χ3n) is 5.00. The van der Waals surface area contributed by atoms with E-state index in [-0.39, 0.29) is 10.5 Å². The Balaban J connectivity index is 1.51. The van der Waals surface area contributed by atoms with Gasteiger partial charge in [-0.15, -0.1) is 0 Å². The minimum absolute atomic E-state index is 0.131. The van der Waals surface area contributed by atoms with Gasteiger partial charge in [0.05, 0.1) is 17.6 Å². The number of nitrogens with zero attached hydrogens (tertiary/aromatic N) is 3. The predicted molar refractivity (Wildman–Crippen MR) is 115 cm³/mol. The third kappa shape index (κ3) is 4.40. The fourth-order valence-electron chi connectivity index (χ4n) is 3.39. The van der Waals surface area contributed by atoms with Crippen molar-refractivity contribution in [3.63, 3.8) is 0 Å². The molecule has 1 saturated heterocycles. The van der Waals surface area contributed by atoms with Gasteiger partial charge in [0, 0.05) is 29.7 Å². The van der Waals surface area contributed by atoms with Gasteiger partial charge in [0.25, 0.3) is 5.91 Å². The van der Waals surface area contributed by atoms with Crippen LogP contribution in [0.5, 0.6) is 0 Å². The van der Waals surface area contributed by atoms with Crippen molar-refractivity contribution in [1.29, 1.82) is 0 Å². The zero-order chi connectivity index (χ0) is 21.1. The Morgan fingerprint density at radius 3 is 2.53 bits per heavy atom. The van der Waals surface area contributed by atoms with Crippen molar-refractivity contribution >= 4 is 33.3 Å². The van der Waals surface area contributed by atoms with Gasteiger partial charge in [0.15, 0.2) is 0 Å². The van der Waals surface area contributed by atoms with E-state index in [9.17, 15) is 13.2 Å². The number of sulfonamides is 1. The van der Waals surface area contributed by atoms with E-state index in [1.165, 1.54) is 16.4 Å². The standard InChI is InChI=1S/C21H21ClN4O3S/c22-18-8-6-16(7-9-18)15-26-20(10-11-23-26)24-21(27)17-4-3-5-19(14-17)30(28,29)25-12-1-2-13-25/h3-11,14H,1-2,12-13,15H2,(H,24,27). The molecule has 1 amide bonds. The first-order chi connectivity index (χ1) is 14.4. The monoisotopic (exact) mass is 444 g/mol. The maximum absolute atomic E-state index is 12.8. The molecule has 2 aromatic carbocycles. The topological polar surface area (TPSA) is 84.3 Å². The molecule has 2 heterocycles. The molecule has 1 N–H and O–H groups in total. The maximum Gasteiger partial charge on any atom is 0.256 e. The number of carbonyl (C=O) groups is 1. The normalized spacial score (nSPS) is 14.7. The summed E-state index contributed by atoms with van der Waals surface area (Å²) in [5.74, 6) is 0.120. The molecule has 30 heavy (non-hydrogen) atoms. The number of hydrogen-bond donors (Lipinski definition) is 1. The molecule has 0 spiro atoms. The lowest BCUT2D eigenvalue weighted by Gasteiger charge is -2.16. The minimum Gasteiger partial charge on any atom is -0.307 e. The first-order valence-electron chi connectivity index (χ1n) is 9.61. The first-order valence-corrected chi connectivity index (χ1v) is 11.4. The van der Waals surface area contributed by atoms with Crippen LogP contribution in [0.15, 0.2) is 65.7 Å². The van der Waals surface area contributed by atoms with Crippen LogP contribution in [0.25, 0.3) is 0 Å². The zero-order valence-corrected chi connectivity index (χ0v) is 17.7. The predicted octanol–water partition coefficient (Wildman–Crippen LogP) is 3.62. The summed E-state index contributed by atoms with van der Waals surface area (Å²) in [5.41, 5.74) is 1.26. The van der Waals surface area contributed by atoms with Crippen LogP contribution in [-0.2, 0) is 16.6 Å². The maximum atomic E-state index is 12.8. The summed E-state index contributed by atoms with van der Waals surface area (Å²) in [6.07, 6.45) is 3.31. The lowest BCUT2D eigenvalue weighted by Crippen LogP contribution is -2.28. The van der Waals surface area contributed by atoms with E-state index in [2.05, 4.69) is 10.4 Å². The van der Waals surface area contributed by atoms with Gasteiger partial charge in [-0.2, -0.15) is 9.40 Å². The fraction of sp³-hybridized carbons (Fsp3) is 0.238. The van der Waals surface area contributed by atoms with E-state index >= 15 is 0 Å². The number of amides is 1. The van der Waals surface area contributed by atoms with Crippen molar-refractivity contribution in [1.82, 2.24) is 14.1 Å². The van der Waals surface area contributed by atoms with Crippen molar-refractivity contribution < 1.29 is 13.2 Å². The number of hydrogen-bond acceptors (Lipinski definition) is 4. The van der Waals surface area contributed by atoms with Crippen LogP contribution < -0.4 is 5.32 Å². The van der Waals surface area contributed by atoms with E-state index < -0.39 is 15.9 Å². The summed E-state index contributed by atoms with van der Waals surface area (Å²) in [4.78, 5) is 12.9. The second-order valence-electron chi connectivity index (χ2n) is 7.09. The van der Waals surface area contributed by atoms with Gasteiger partial charge < -0.3 is 5.32 Å². The van der Waals surface area contributed by atoms with Gasteiger partial charge in [0.2, 0.25) is 10.0 Å². The van der Waals surface area contributed by atoms with E-state index in [4.69, 9.17) is 11.6 Å². The highest BCUT2D eigenvalue weighted by molar-refractivity contribution is 7.89. The largest absolute Gasteiger partial charge is 0.307 e. The second kappa shape index (κ2) is 8.59. The molecule has 3 aromatic rings. The molecule has 1 aliphatic rings. The summed E-state index contributed by atoms with van der Waals surface area (Å²) in [5, 5.41) is 7.72. The van der Waals surface area contributed by atoms with Crippen LogP contribution in [-0.4, -0.2) is 41.5 Å². The van der Waals surface area contributed by atoms with Gasteiger partial charge in [-0.25, -0.2) is 13.1 Å². The smallest absolute Gasteiger partial charge is 0.256 e. The van der Waals surface area contributed by atoms with Crippen LogP contribution in [0.1, 0.15) is 28.8 Å². The van der Waals surface area contributed by atoms with E-state index in [1.807, 2.05) is 12.1 Å². The number of halogens is 1. The summed E-state index contributed by atoms with van der Waals surface area (Å²) >= 11 is 5.92. The SMILES string of the molecule is O=C(Nc1ccnn1Cc1ccc(Cl)cc1)c1cccc(S(=O)(=O)N2CCCC2)c1. The quantitative estimate of drug-likeness (QED) is 0.629. The molecule has 7 nitrogen and oxygen atoms in total. The molecule has 4 rings (SSSR count). The average Bonchev–Trinajstić information content (AvgIpc) is 3.43. The Kier molecular flexibility index (Phi) is 5.90. The van der Waals surface area contributed by atoms with Crippen molar-refractivity contribution in [2.45, 2.75) is 24.3 Å². The Morgan fingerprint density at radius 2 is 1.80 bits per heavy atom. The summed E-state index contributed by atoms with van der Waals surface area (Å²) in [6, 6.07) is 15.2. The number of aromatic nitrogens is 2. The molecule has 0 aliphatic carbocycles. The number of carbonyl (C=O) groups excluding carboxylic acids is 1. The molecule has 1 aromatic heterocycles. The fourth-order valence-corrected chi connectivity index (χ4v) is 5.08. The van der Waals surface area contributed by atoms with Crippen LogP contribution in [0.2, 0.25) is 5.02 Å². The number of benzene rings is 2. The highest BCUT2D eigenvalue weighted by atomic mass is 35.5. The lowest BCUT2D eigenvalue weighted by atomic mass is 10.2. The average molecular weight is 445 g/mol. The molecule has 156 valence electrons. The summed E-state index contributed by atoms with van der Waals surface area (Å²) < 4.78 is 28.7. The molecular formula is C21H21ClN4O3S. The molecule has 0 atom stereocenters. The van der Waals surface area contributed by atoms with Crippen LogP contribution in [0, 0.1) is 0 Å². The van der Waals surface area contributed by atoms with Gasteiger partial charge in [-0.3, -0.25) is 4.79 Å². The summed E-state index contributed by atoms with van der Waals surface area (Å²) in [6.45, 7) is 1.49. The van der Waals surface area contributed by atoms with Gasteiger partial charge in [-0.1, -0.05) is 29.8 Å². The first kappa shape index (κ1) is 20.6. The van der Waals surface area contributed by atoms with Gasteiger partial charge in [0.1, 0.15) is 5.82 Å². The molecule has 9 heteroatoms. The number of nitrogens with one attached hydrogen (secondary N) is 1. The van der Waals surface area contributed by atoms with Crippen molar-refractivity contribution in [2.75, 3.05) is 18.4 Å². The minimum atomic E-state index is -3.58. The van der Waals surface area contributed by atoms with Crippen molar-refractivity contribution in [3.8, 4) is 0 Å². The van der Waals surface area contributed by atoms with Crippen molar-refractivity contribution in [3.05, 3.63) is 76.9 Å². The molecule has 0 unspecified atom stereocenters. The van der Waals surface area contributed by atoms with Crippen LogP contribution in [0.4, 0.5) is 5.82 Å². The third-order valence-corrected chi connectivity index (χ3v) is 7.15. The molecule has 0 radical (unpaired) electrons. The number of anilines is 1. The summed E-state index contributed by atoms with van der Waals surface area (Å²) in [7, 11) is -3.58.